The number of piperazine rings is 1. The summed E-state index contributed by atoms with van der Waals surface area (Å²) in [6.45, 7) is 5.04. The van der Waals surface area contributed by atoms with Crippen LogP contribution < -0.4 is 10.6 Å². The molecule has 6 heteroatoms. The summed E-state index contributed by atoms with van der Waals surface area (Å²) >= 11 is 0. The fourth-order valence-electron chi connectivity index (χ4n) is 2.11. The molecular weight excluding hydrogens is 246 g/mol. The first kappa shape index (κ1) is 15.5. The van der Waals surface area contributed by atoms with E-state index in [-0.39, 0.29) is 23.8 Å². The van der Waals surface area contributed by atoms with Crippen molar-refractivity contribution in [2.45, 2.75) is 45.6 Å². The van der Waals surface area contributed by atoms with E-state index < -0.39 is 0 Å². The number of hydrogen-bond acceptors (Lipinski definition) is 3. The van der Waals surface area contributed by atoms with Gasteiger partial charge in [0.1, 0.15) is 6.04 Å². The Hall–Kier alpha value is -1.59. The van der Waals surface area contributed by atoms with Gasteiger partial charge in [0.15, 0.2) is 0 Å². The first-order valence-electron chi connectivity index (χ1n) is 6.84. The number of nitrogens with one attached hydrogen (secondary N) is 2. The molecule has 1 aliphatic heterocycles. The van der Waals surface area contributed by atoms with Gasteiger partial charge in [-0.2, -0.15) is 0 Å². The molecule has 0 aliphatic carbocycles. The van der Waals surface area contributed by atoms with E-state index >= 15 is 0 Å². The van der Waals surface area contributed by atoms with Crippen molar-refractivity contribution in [3.05, 3.63) is 0 Å². The van der Waals surface area contributed by atoms with Gasteiger partial charge in [-0.15, -0.1) is 0 Å². The van der Waals surface area contributed by atoms with Crippen LogP contribution in [0, 0.1) is 0 Å². The molecule has 0 aromatic rings. The highest BCUT2D eigenvalue weighted by molar-refractivity contribution is 5.88. The Morgan fingerprint density at radius 1 is 1.37 bits per heavy atom. The van der Waals surface area contributed by atoms with Crippen LogP contribution in [0.15, 0.2) is 0 Å². The van der Waals surface area contributed by atoms with Crippen LogP contribution in [-0.4, -0.2) is 48.3 Å². The second-order valence-electron chi connectivity index (χ2n) is 4.85. The molecule has 1 unspecified atom stereocenters. The molecule has 0 aromatic carbocycles. The summed E-state index contributed by atoms with van der Waals surface area (Å²) in [6.07, 6.45) is 3.05. The number of carbonyl (C=O) groups excluding carboxylic acids is 3. The van der Waals surface area contributed by atoms with Crippen LogP contribution in [0.4, 0.5) is 0 Å². The number of amides is 3. The Morgan fingerprint density at radius 3 is 2.79 bits per heavy atom. The molecule has 0 saturated carbocycles. The van der Waals surface area contributed by atoms with E-state index in [4.69, 9.17) is 0 Å². The zero-order chi connectivity index (χ0) is 14.3. The predicted molar refractivity (Wildman–Crippen MR) is 71.3 cm³/mol. The van der Waals surface area contributed by atoms with Gasteiger partial charge in [-0.1, -0.05) is 6.42 Å². The molecule has 1 heterocycles. The van der Waals surface area contributed by atoms with Crippen molar-refractivity contribution < 1.29 is 14.4 Å². The number of rotatable bonds is 6. The minimum absolute atomic E-state index is 0.0239. The van der Waals surface area contributed by atoms with Crippen LogP contribution in [0.2, 0.25) is 0 Å². The van der Waals surface area contributed by atoms with Crippen LogP contribution in [0.1, 0.15) is 39.5 Å². The normalized spacial score (nSPS) is 18.9. The van der Waals surface area contributed by atoms with Crippen molar-refractivity contribution >= 4 is 17.7 Å². The van der Waals surface area contributed by atoms with Gasteiger partial charge in [0.05, 0.1) is 0 Å². The van der Waals surface area contributed by atoms with Gasteiger partial charge in [-0.3, -0.25) is 14.4 Å². The first-order chi connectivity index (χ1) is 9.02. The lowest BCUT2D eigenvalue weighted by molar-refractivity contribution is -0.142. The number of nitrogens with zero attached hydrogens (tertiary/aromatic N) is 1. The zero-order valence-electron chi connectivity index (χ0n) is 11.7. The highest BCUT2D eigenvalue weighted by Crippen LogP contribution is 2.09. The van der Waals surface area contributed by atoms with E-state index in [2.05, 4.69) is 10.6 Å². The van der Waals surface area contributed by atoms with E-state index in [1.807, 2.05) is 0 Å². The smallest absolute Gasteiger partial charge is 0.242 e. The highest BCUT2D eigenvalue weighted by atomic mass is 16.2. The molecule has 1 saturated heterocycles. The van der Waals surface area contributed by atoms with Gasteiger partial charge in [-0.05, 0) is 19.8 Å². The van der Waals surface area contributed by atoms with Crippen molar-refractivity contribution in [1.82, 2.24) is 15.5 Å². The Kier molecular flexibility index (Phi) is 6.32. The SMILES string of the molecule is CC(=O)NCCCCCC(=O)N1CCNC(=O)C1C. The fraction of sp³-hybridized carbons (Fsp3) is 0.769. The van der Waals surface area contributed by atoms with Crippen LogP contribution in [-0.2, 0) is 14.4 Å². The maximum Gasteiger partial charge on any atom is 0.242 e. The quantitative estimate of drug-likeness (QED) is 0.668. The third-order valence-corrected chi connectivity index (χ3v) is 3.26. The molecule has 1 rings (SSSR count). The summed E-state index contributed by atoms with van der Waals surface area (Å²) in [5.41, 5.74) is 0. The standard InChI is InChI=1S/C13H23N3O3/c1-10-13(19)15-8-9-16(10)12(18)6-4-3-5-7-14-11(2)17/h10H,3-9H2,1-2H3,(H,14,17)(H,15,19). The van der Waals surface area contributed by atoms with Gasteiger partial charge in [-0.25, -0.2) is 0 Å². The number of carbonyl (C=O) groups is 3. The van der Waals surface area contributed by atoms with Crippen LogP contribution in [0.3, 0.4) is 0 Å². The van der Waals surface area contributed by atoms with Crippen LogP contribution >= 0.6 is 0 Å². The van der Waals surface area contributed by atoms with Crippen molar-refractivity contribution in [2.24, 2.45) is 0 Å². The van der Waals surface area contributed by atoms with Gasteiger partial charge < -0.3 is 15.5 Å². The summed E-state index contributed by atoms with van der Waals surface area (Å²) in [4.78, 5) is 35.7. The molecule has 3 amide bonds. The second-order valence-corrected chi connectivity index (χ2v) is 4.85. The summed E-state index contributed by atoms with van der Waals surface area (Å²) in [5.74, 6) is -0.0589. The summed E-state index contributed by atoms with van der Waals surface area (Å²) in [7, 11) is 0. The van der Waals surface area contributed by atoms with Crippen molar-refractivity contribution in [2.75, 3.05) is 19.6 Å². The zero-order valence-corrected chi connectivity index (χ0v) is 11.7. The largest absolute Gasteiger partial charge is 0.356 e. The first-order valence-corrected chi connectivity index (χ1v) is 6.84. The Morgan fingerprint density at radius 2 is 2.11 bits per heavy atom. The molecule has 6 nitrogen and oxygen atoms in total. The average molecular weight is 269 g/mol. The minimum atomic E-state index is -0.361. The summed E-state index contributed by atoms with van der Waals surface area (Å²) < 4.78 is 0. The van der Waals surface area contributed by atoms with E-state index in [1.165, 1.54) is 6.92 Å². The molecule has 19 heavy (non-hydrogen) atoms. The van der Waals surface area contributed by atoms with Crippen molar-refractivity contribution in [1.29, 1.82) is 0 Å². The molecule has 0 bridgehead atoms. The molecule has 1 atom stereocenters. The van der Waals surface area contributed by atoms with E-state index in [9.17, 15) is 14.4 Å². The van der Waals surface area contributed by atoms with Crippen molar-refractivity contribution in [3.63, 3.8) is 0 Å². The molecule has 0 spiro atoms. The lowest BCUT2D eigenvalue weighted by Crippen LogP contribution is -2.55. The monoisotopic (exact) mass is 269 g/mol. The molecule has 1 aliphatic rings. The number of unbranched alkanes of at least 4 members (excludes halogenated alkanes) is 2. The van der Waals surface area contributed by atoms with Gasteiger partial charge in [0.25, 0.3) is 0 Å². The predicted octanol–water partition coefficient (Wildman–Crippen LogP) is 0.0298. The second kappa shape index (κ2) is 7.76. The van der Waals surface area contributed by atoms with Gasteiger partial charge in [0, 0.05) is 33.0 Å². The third-order valence-electron chi connectivity index (χ3n) is 3.26. The van der Waals surface area contributed by atoms with Crippen LogP contribution in [0.5, 0.6) is 0 Å². The van der Waals surface area contributed by atoms with Gasteiger partial charge in [0.2, 0.25) is 17.7 Å². The maximum atomic E-state index is 12.0. The lowest BCUT2D eigenvalue weighted by Gasteiger charge is -2.32. The molecule has 0 aromatic heterocycles. The topological polar surface area (TPSA) is 78.5 Å². The highest BCUT2D eigenvalue weighted by Gasteiger charge is 2.28. The maximum absolute atomic E-state index is 12.0. The fourth-order valence-corrected chi connectivity index (χ4v) is 2.11. The number of hydrogen-bond donors (Lipinski definition) is 2. The molecule has 2 N–H and O–H groups in total. The third kappa shape index (κ3) is 5.28. The van der Waals surface area contributed by atoms with E-state index in [1.54, 1.807) is 11.8 Å². The Balaban J connectivity index is 2.16. The molecule has 0 radical (unpaired) electrons. The van der Waals surface area contributed by atoms with Gasteiger partial charge >= 0.3 is 0 Å². The molecule has 1 fully saturated rings. The summed E-state index contributed by atoms with van der Waals surface area (Å²) in [5, 5.41) is 5.46. The van der Waals surface area contributed by atoms with E-state index in [0.717, 1.165) is 19.3 Å². The lowest BCUT2D eigenvalue weighted by atomic mass is 10.1. The van der Waals surface area contributed by atoms with Crippen molar-refractivity contribution in [3.8, 4) is 0 Å². The minimum Gasteiger partial charge on any atom is -0.356 e. The average Bonchev–Trinajstić information content (AvgIpc) is 2.36. The molecule has 108 valence electrons. The molecular formula is C13H23N3O3. The Bertz CT molecular complexity index is 344. The Labute approximate surface area is 113 Å². The van der Waals surface area contributed by atoms with E-state index in [0.29, 0.717) is 26.1 Å². The van der Waals surface area contributed by atoms with Crippen LogP contribution in [0.25, 0.3) is 0 Å². The summed E-state index contributed by atoms with van der Waals surface area (Å²) in [6, 6.07) is -0.361.